The maximum Gasteiger partial charge on any atom is 0.301 e. The van der Waals surface area contributed by atoms with Crippen molar-refractivity contribution < 1.29 is 65.6 Å². The first-order chi connectivity index (χ1) is 62.9. The second-order valence-electron chi connectivity index (χ2n) is 35.2. The molecule has 682 valence electrons. The number of likely N-dealkylation sites (N-methyl/N-ethyl adjacent to an activating group) is 1. The lowest BCUT2D eigenvalue weighted by molar-refractivity contribution is -0.130. The Morgan fingerprint density at radius 3 is 1.19 bits per heavy atom. The molecule has 3 saturated heterocycles. The van der Waals surface area contributed by atoms with Gasteiger partial charge in [-0.25, -0.2) is 41.3 Å². The molecule has 6 aliphatic heterocycles. The van der Waals surface area contributed by atoms with E-state index >= 15 is 26.3 Å². The first kappa shape index (κ1) is 90.8. The Morgan fingerprint density at radius 1 is 0.439 bits per heavy atom. The average Bonchev–Trinajstić information content (AvgIpc) is 0.722. The molecule has 33 heteroatoms. The lowest BCUT2D eigenvalue weighted by Gasteiger charge is -2.50. The van der Waals surface area contributed by atoms with Crippen LogP contribution in [-0.2, 0) is 25.6 Å². The number of carbonyl (C=O) groups excluding carboxylic acids is 4. The first-order valence-corrected chi connectivity index (χ1v) is 43.6. The number of aromatic nitrogens is 9. The molecule has 0 aliphatic carbocycles. The molecule has 0 saturated carbocycles. The van der Waals surface area contributed by atoms with E-state index in [4.69, 9.17) is 4.74 Å². The van der Waals surface area contributed by atoms with Crippen molar-refractivity contribution in [3.05, 3.63) is 253 Å². The number of anilines is 4. The van der Waals surface area contributed by atoms with E-state index in [0.717, 1.165) is 35.4 Å². The molecule has 3 aromatic carbocycles. The predicted octanol–water partition coefficient (Wildman–Crippen LogP) is 15.1. The summed E-state index contributed by atoms with van der Waals surface area (Å²) in [7, 11) is 1.48. The van der Waals surface area contributed by atoms with Gasteiger partial charge in [-0.3, -0.25) is 62.2 Å². The maximum absolute atomic E-state index is 16.2. The van der Waals surface area contributed by atoms with Gasteiger partial charge in [0.15, 0.2) is 28.7 Å². The van der Waals surface area contributed by atoms with Gasteiger partial charge in [-0.05, 0) is 180 Å². The molecule has 12 aromatic rings. The van der Waals surface area contributed by atoms with Gasteiger partial charge < -0.3 is 54.4 Å². The van der Waals surface area contributed by atoms with Crippen LogP contribution in [0.4, 0.5) is 49.1 Å². The van der Waals surface area contributed by atoms with E-state index in [1.807, 2.05) is 81.1 Å². The third-order valence-corrected chi connectivity index (χ3v) is 25.6. The summed E-state index contributed by atoms with van der Waals surface area (Å²) in [5.41, 5.74) is 3.43. The quantitative estimate of drug-likeness (QED) is 0.0756. The van der Waals surface area contributed by atoms with Crippen molar-refractivity contribution in [2.24, 2.45) is 0 Å². The summed E-state index contributed by atoms with van der Waals surface area (Å²) in [6.07, 6.45) is 10.3. The number of aryl methyl sites for hydroxylation is 3. The van der Waals surface area contributed by atoms with E-state index in [-0.39, 0.29) is 135 Å². The molecule has 9 aromatic heterocycles. The number of fused-ring (bicyclic) bond motifs is 15. The molecule has 6 atom stereocenters. The van der Waals surface area contributed by atoms with Crippen LogP contribution < -0.4 is 41.0 Å². The highest BCUT2D eigenvalue weighted by atomic mass is 19.1. The van der Waals surface area contributed by atoms with Crippen LogP contribution in [0, 0.1) is 55.7 Å². The molecule has 15 heterocycles. The van der Waals surface area contributed by atoms with Gasteiger partial charge in [-0.1, -0.05) is 79.5 Å². The number of hydrogen-bond donors (Lipinski definition) is 3. The molecule has 3 N–H and O–H groups in total. The predicted molar refractivity (Wildman–Crippen MR) is 492 cm³/mol. The Kier molecular flexibility index (Phi) is 24.3. The largest absolute Gasteiger partial charge is 0.507 e. The zero-order valence-corrected chi connectivity index (χ0v) is 75.0. The highest BCUT2D eigenvalue weighted by Gasteiger charge is 2.49. The normalized spacial score (nSPS) is 18.0. The Balaban J connectivity index is 0.000000144. The Hall–Kier alpha value is -14.5. The van der Waals surface area contributed by atoms with Gasteiger partial charge in [-0.2, -0.15) is 0 Å². The number of ether oxygens (including phenoxy) is 1. The minimum atomic E-state index is -0.938. The number of phenolic OH excluding ortho intramolecular Hbond substituents is 3. The third-order valence-electron chi connectivity index (χ3n) is 25.6. The summed E-state index contributed by atoms with van der Waals surface area (Å²) in [5.74, 6) is -8.07. The van der Waals surface area contributed by atoms with Gasteiger partial charge in [0.25, 0.3) is 17.0 Å². The van der Waals surface area contributed by atoms with Crippen LogP contribution in [0.3, 0.4) is 0 Å². The number of nitrogens with zero attached hydrogens (tertiary/aromatic N) is 16. The number of halogens is 6. The number of amides is 4. The van der Waals surface area contributed by atoms with Crippen LogP contribution >= 0.6 is 0 Å². The Labute approximate surface area is 755 Å². The van der Waals surface area contributed by atoms with E-state index in [0.29, 0.717) is 107 Å². The lowest BCUT2D eigenvalue weighted by atomic mass is 9.90. The van der Waals surface area contributed by atoms with E-state index < -0.39 is 109 Å². The third kappa shape index (κ3) is 15.3. The van der Waals surface area contributed by atoms with Crippen molar-refractivity contribution >= 4 is 79.5 Å². The number of aromatic hydroxyl groups is 3. The van der Waals surface area contributed by atoms with Crippen molar-refractivity contribution in [1.29, 1.82) is 0 Å². The maximum atomic E-state index is 16.2. The molecule has 27 nitrogen and oxygen atoms in total. The molecule has 0 spiro atoms. The van der Waals surface area contributed by atoms with Crippen LogP contribution in [0.15, 0.2) is 162 Å². The second kappa shape index (κ2) is 35.4. The van der Waals surface area contributed by atoms with Crippen LogP contribution in [-0.4, -0.2) is 186 Å². The number of piperazine rings is 3. The summed E-state index contributed by atoms with van der Waals surface area (Å²) in [6, 6.07) is 17.8. The topological polar surface area (TPSA) is 304 Å². The van der Waals surface area contributed by atoms with Gasteiger partial charge in [0.05, 0.1) is 87.1 Å². The molecule has 4 amide bonds. The van der Waals surface area contributed by atoms with Gasteiger partial charge in [0.1, 0.15) is 69.2 Å². The SMILES string of the molecule is C=CC(=O)N1CC(C)N2c3c(c(=O)n(-c4c(C)ccnc4C(C)C)c4nc(-c5c(O)cccc5F)c(F)cc34)CCC2C1.C=CC(=O)N1CC(C)N2c3c(c(=O)n(-c4c(C)ccnc4C(C)C)c4nc(-c5c(O)cccc5F)c(F)cc34)N(C)C(=O)C2C1.C=CC(=O)N1CC(C)N2c3c(c(=O)n(-c4c(C)ccnc4C(C)C)c4nc(-c5c(O)cccc5F)c(F)cc34)OCCC2C1. The summed E-state index contributed by atoms with van der Waals surface area (Å²) in [5, 5.41) is 32.5. The van der Waals surface area contributed by atoms with Crippen LogP contribution in [0.25, 0.3) is 83.9 Å². The zero-order chi connectivity index (χ0) is 94.7. The molecule has 132 heavy (non-hydrogen) atoms. The fourth-order valence-corrected chi connectivity index (χ4v) is 19.7. The van der Waals surface area contributed by atoms with Crippen LogP contribution in [0.5, 0.6) is 23.0 Å². The monoisotopic (exact) mass is 1800 g/mol. The number of carbonyl (C=O) groups is 4. The Bertz CT molecular complexity index is 7000. The van der Waals surface area contributed by atoms with E-state index in [9.17, 15) is 48.9 Å². The van der Waals surface area contributed by atoms with Gasteiger partial charge in [-0.15, -0.1) is 0 Å². The highest BCUT2D eigenvalue weighted by Crippen LogP contribution is 2.49. The lowest BCUT2D eigenvalue weighted by Crippen LogP contribution is -2.66. The highest BCUT2D eigenvalue weighted by molar-refractivity contribution is 6.12. The van der Waals surface area contributed by atoms with Crippen LogP contribution in [0.1, 0.15) is 132 Å². The molecular weight excluding hydrogens is 1700 g/mol. The zero-order valence-electron chi connectivity index (χ0n) is 75.0. The number of rotatable bonds is 12. The average molecular weight is 1800 g/mol. The van der Waals surface area contributed by atoms with E-state index in [1.165, 1.54) is 97.3 Å². The minimum absolute atomic E-state index is 0.00546. The van der Waals surface area contributed by atoms with E-state index in [2.05, 4.69) is 54.5 Å². The van der Waals surface area contributed by atoms with Crippen molar-refractivity contribution in [3.8, 4) is 73.8 Å². The minimum Gasteiger partial charge on any atom is -0.507 e. The van der Waals surface area contributed by atoms with Crippen molar-refractivity contribution in [2.75, 3.05) is 72.5 Å². The van der Waals surface area contributed by atoms with Crippen LogP contribution in [0.2, 0.25) is 0 Å². The smallest absolute Gasteiger partial charge is 0.301 e. The molecule has 0 bridgehead atoms. The van der Waals surface area contributed by atoms with Crippen molar-refractivity contribution in [2.45, 2.75) is 156 Å². The Morgan fingerprint density at radius 2 is 0.795 bits per heavy atom. The molecular formula is C99H98F6N16O11. The fourth-order valence-electron chi connectivity index (χ4n) is 19.7. The van der Waals surface area contributed by atoms with Gasteiger partial charge >= 0.3 is 5.56 Å². The summed E-state index contributed by atoms with van der Waals surface area (Å²) >= 11 is 0. The van der Waals surface area contributed by atoms with E-state index in [1.54, 1.807) is 58.4 Å². The molecule has 3 fully saturated rings. The number of pyridine rings is 9. The first-order valence-electron chi connectivity index (χ1n) is 43.6. The second-order valence-corrected chi connectivity index (χ2v) is 35.2. The summed E-state index contributed by atoms with van der Waals surface area (Å²) < 4.78 is 104. The fraction of sp³-hybridized carbons (Fsp3) is 0.323. The number of phenols is 3. The molecule has 6 aliphatic rings. The summed E-state index contributed by atoms with van der Waals surface area (Å²) in [4.78, 5) is 135. The molecule has 18 rings (SSSR count). The number of benzene rings is 3. The van der Waals surface area contributed by atoms with Gasteiger partial charge in [0, 0.05) is 111 Å². The van der Waals surface area contributed by atoms with Gasteiger partial charge in [0.2, 0.25) is 23.5 Å². The summed E-state index contributed by atoms with van der Waals surface area (Å²) in [6.45, 7) is 35.7. The molecule has 0 radical (unpaired) electrons. The number of hydrogen-bond acceptors (Lipinski definition) is 20. The molecule has 6 unspecified atom stereocenters. The standard InChI is InChI=1S/C33H32F2N6O4.C33H33F2N5O4.C33H33F2N5O3/c1-7-24(43)39-14-18(5)40-22(15-39)32(44)38(6)30-29(40)19-13-21(35)27(25-20(34)9-8-10-23(25)42)37-31(19)41(33(30)45)28-17(4)11-12-36-26(28)16(2)3;1-6-25(42)38-15-19(5)39-20(16-38)11-13-44-31-30(39)21-14-23(35)28(26-22(34)8-7-9-24(26)41)37-32(21)40(33(31)43)29-18(4)10-12-36-27(29)17(2)3;1-6-26(42)38-15-19(5)39-20(16-38)10-11-21-31(39)22-14-24(35)29(27-23(34)8-7-9-25(27)41)37-32(22)40(33(21)43)30-18(4)12-13-36-28(30)17(2)3/h7-13,16,18,22,42H,1,14-15H2,2-6H3;6-10,12,14,17,19-20,41H,1,11,13,15-16H2,2-5H3;6-9,12-14,17,19-20,41H,1,10-11,15-16H2,2-5H3. The van der Waals surface area contributed by atoms with Crippen molar-refractivity contribution in [3.63, 3.8) is 0 Å². The van der Waals surface area contributed by atoms with Crippen molar-refractivity contribution in [1.82, 2.24) is 58.3 Å².